The monoisotopic (exact) mass is 633 g/mol. The van der Waals surface area contributed by atoms with Gasteiger partial charge in [0.2, 0.25) is 11.8 Å². The van der Waals surface area contributed by atoms with Gasteiger partial charge in [0.25, 0.3) is 10.0 Å². The molecular weight excluding hydrogens is 597 g/mol. The molecule has 1 N–H and O–H groups in total. The summed E-state index contributed by atoms with van der Waals surface area (Å²) in [5.41, 5.74) is 2.51. The van der Waals surface area contributed by atoms with Crippen LogP contribution >= 0.6 is 23.2 Å². The molecule has 3 aromatic carbocycles. The lowest BCUT2D eigenvalue weighted by Crippen LogP contribution is -2.53. The van der Waals surface area contributed by atoms with Crippen LogP contribution in [0.2, 0.25) is 10.0 Å². The fourth-order valence-corrected chi connectivity index (χ4v) is 6.22. The third-order valence-corrected chi connectivity index (χ3v) is 9.16. The molecule has 0 aliphatic carbocycles. The number of hydrogen-bond donors (Lipinski definition) is 1. The SMILES string of the molecule is CCC(C(=O)NC(C)C)N(Cc1ccc(Cl)c(Cl)c1)C(=O)CN(c1cc(C)ccc1OC)S(=O)(=O)c1ccc(C)cc1. The van der Waals surface area contributed by atoms with Crippen LogP contribution in [0.15, 0.2) is 65.6 Å². The molecule has 3 aromatic rings. The predicted molar refractivity (Wildman–Crippen MR) is 168 cm³/mol. The van der Waals surface area contributed by atoms with Crippen LogP contribution in [0.25, 0.3) is 0 Å². The summed E-state index contributed by atoms with van der Waals surface area (Å²) in [6.45, 7) is 8.55. The molecule has 0 bridgehead atoms. The molecule has 0 radical (unpaired) electrons. The molecule has 2 amide bonds. The number of anilines is 1. The van der Waals surface area contributed by atoms with Gasteiger partial charge in [-0.05, 0) is 81.6 Å². The summed E-state index contributed by atoms with van der Waals surface area (Å²) in [4.78, 5) is 28.9. The average molecular weight is 635 g/mol. The summed E-state index contributed by atoms with van der Waals surface area (Å²) >= 11 is 12.4. The maximum Gasteiger partial charge on any atom is 0.264 e. The van der Waals surface area contributed by atoms with Crippen molar-refractivity contribution < 1.29 is 22.7 Å². The van der Waals surface area contributed by atoms with E-state index in [1.54, 1.807) is 55.5 Å². The maximum absolute atomic E-state index is 14.2. The van der Waals surface area contributed by atoms with Gasteiger partial charge < -0.3 is 15.0 Å². The van der Waals surface area contributed by atoms with E-state index in [-0.39, 0.29) is 34.8 Å². The van der Waals surface area contributed by atoms with E-state index in [2.05, 4.69) is 5.32 Å². The molecule has 226 valence electrons. The zero-order valence-electron chi connectivity index (χ0n) is 24.6. The van der Waals surface area contributed by atoms with Crippen LogP contribution < -0.4 is 14.4 Å². The Bertz CT molecular complexity index is 1530. The van der Waals surface area contributed by atoms with Crippen molar-refractivity contribution in [3.8, 4) is 5.75 Å². The van der Waals surface area contributed by atoms with Crippen LogP contribution in [0, 0.1) is 13.8 Å². The molecule has 0 aliphatic heterocycles. The van der Waals surface area contributed by atoms with E-state index in [0.717, 1.165) is 15.4 Å². The quantitative estimate of drug-likeness (QED) is 0.258. The lowest BCUT2D eigenvalue weighted by Gasteiger charge is -2.34. The Morgan fingerprint density at radius 3 is 2.14 bits per heavy atom. The molecule has 1 unspecified atom stereocenters. The molecule has 0 saturated heterocycles. The summed E-state index contributed by atoms with van der Waals surface area (Å²) < 4.78 is 34.8. The van der Waals surface area contributed by atoms with Crippen molar-refractivity contribution >= 4 is 50.7 Å². The van der Waals surface area contributed by atoms with Crippen molar-refractivity contribution in [2.75, 3.05) is 18.0 Å². The van der Waals surface area contributed by atoms with Gasteiger partial charge in [-0.3, -0.25) is 13.9 Å². The lowest BCUT2D eigenvalue weighted by atomic mass is 10.1. The first-order valence-corrected chi connectivity index (χ1v) is 15.8. The first-order chi connectivity index (χ1) is 19.8. The summed E-state index contributed by atoms with van der Waals surface area (Å²) in [5.74, 6) is -0.641. The third kappa shape index (κ3) is 7.96. The number of benzene rings is 3. The third-order valence-electron chi connectivity index (χ3n) is 6.64. The number of rotatable bonds is 12. The molecule has 0 aromatic heterocycles. The normalized spacial score (nSPS) is 12.1. The number of nitrogens with one attached hydrogen (secondary N) is 1. The molecule has 0 aliphatic rings. The predicted octanol–water partition coefficient (Wildman–Crippen LogP) is 6.15. The number of sulfonamides is 1. The molecule has 8 nitrogen and oxygen atoms in total. The maximum atomic E-state index is 14.2. The molecule has 0 fully saturated rings. The van der Waals surface area contributed by atoms with Gasteiger partial charge in [0.15, 0.2) is 0 Å². The molecule has 1 atom stereocenters. The summed E-state index contributed by atoms with van der Waals surface area (Å²) in [7, 11) is -2.80. The lowest BCUT2D eigenvalue weighted by molar-refractivity contribution is -0.140. The smallest absolute Gasteiger partial charge is 0.264 e. The number of halogens is 2. The second-order valence-electron chi connectivity index (χ2n) is 10.4. The molecule has 3 rings (SSSR count). The van der Waals surface area contributed by atoms with Crippen LogP contribution in [0.4, 0.5) is 5.69 Å². The largest absolute Gasteiger partial charge is 0.495 e. The average Bonchev–Trinajstić information content (AvgIpc) is 2.93. The topological polar surface area (TPSA) is 96.0 Å². The van der Waals surface area contributed by atoms with E-state index in [1.807, 2.05) is 27.7 Å². The van der Waals surface area contributed by atoms with Gasteiger partial charge in [-0.25, -0.2) is 8.42 Å². The number of ether oxygens (including phenoxy) is 1. The van der Waals surface area contributed by atoms with Gasteiger partial charge in [0.1, 0.15) is 18.3 Å². The molecular formula is C31H37Cl2N3O5S. The van der Waals surface area contributed by atoms with Crippen LogP contribution in [-0.2, 0) is 26.2 Å². The van der Waals surface area contributed by atoms with E-state index in [4.69, 9.17) is 27.9 Å². The molecule has 0 saturated carbocycles. The second-order valence-corrected chi connectivity index (χ2v) is 13.0. The van der Waals surface area contributed by atoms with E-state index in [0.29, 0.717) is 22.0 Å². The Morgan fingerprint density at radius 1 is 0.929 bits per heavy atom. The van der Waals surface area contributed by atoms with Crippen LogP contribution in [0.1, 0.15) is 43.9 Å². The van der Waals surface area contributed by atoms with Gasteiger partial charge in [-0.15, -0.1) is 0 Å². The van der Waals surface area contributed by atoms with Gasteiger partial charge in [0, 0.05) is 12.6 Å². The second kappa shape index (κ2) is 14.3. The highest BCUT2D eigenvalue weighted by atomic mass is 35.5. The molecule has 42 heavy (non-hydrogen) atoms. The number of hydrogen-bond acceptors (Lipinski definition) is 5. The van der Waals surface area contributed by atoms with E-state index in [9.17, 15) is 18.0 Å². The van der Waals surface area contributed by atoms with Gasteiger partial charge in [0.05, 0.1) is 27.7 Å². The van der Waals surface area contributed by atoms with E-state index >= 15 is 0 Å². The highest BCUT2D eigenvalue weighted by Gasteiger charge is 2.35. The Kier molecular flexibility index (Phi) is 11.3. The van der Waals surface area contributed by atoms with Crippen molar-refractivity contribution in [2.45, 2.75) is 64.6 Å². The number of carbonyl (C=O) groups excluding carboxylic acids is 2. The van der Waals surface area contributed by atoms with E-state index < -0.39 is 28.5 Å². The van der Waals surface area contributed by atoms with Crippen LogP contribution in [0.3, 0.4) is 0 Å². The number of nitrogens with zero attached hydrogens (tertiary/aromatic N) is 2. The summed E-state index contributed by atoms with van der Waals surface area (Å²) in [6.07, 6.45) is 0.296. The van der Waals surface area contributed by atoms with Crippen molar-refractivity contribution in [1.82, 2.24) is 10.2 Å². The minimum absolute atomic E-state index is 0.00309. The van der Waals surface area contributed by atoms with E-state index in [1.165, 1.54) is 24.1 Å². The fraction of sp³-hybridized carbons (Fsp3) is 0.355. The number of methoxy groups -OCH3 is 1. The molecule has 0 heterocycles. The Balaban J connectivity index is 2.15. The molecule has 11 heteroatoms. The fourth-order valence-electron chi connectivity index (χ4n) is 4.48. The number of amides is 2. The van der Waals surface area contributed by atoms with Crippen LogP contribution in [-0.4, -0.2) is 50.9 Å². The van der Waals surface area contributed by atoms with Gasteiger partial charge >= 0.3 is 0 Å². The standard InChI is InChI=1S/C31H37Cl2N3O5S/c1-7-27(31(38)34-20(2)3)35(18-23-11-14-25(32)26(33)17-23)30(37)19-36(28-16-22(5)10-15-29(28)41-6)42(39,40)24-12-8-21(4)9-13-24/h8-17,20,27H,7,18-19H2,1-6H3,(H,34,38). The number of aryl methyl sites for hydroxylation is 2. The van der Waals surface area contributed by atoms with Crippen molar-refractivity contribution in [1.29, 1.82) is 0 Å². The minimum Gasteiger partial charge on any atom is -0.495 e. The van der Waals surface area contributed by atoms with Crippen molar-refractivity contribution in [3.05, 3.63) is 87.4 Å². The summed E-state index contributed by atoms with van der Waals surface area (Å²) in [6, 6.07) is 15.4. The number of carbonyl (C=O) groups is 2. The van der Waals surface area contributed by atoms with Gasteiger partial charge in [-0.2, -0.15) is 0 Å². The summed E-state index contributed by atoms with van der Waals surface area (Å²) in [5, 5.41) is 3.53. The molecule has 0 spiro atoms. The van der Waals surface area contributed by atoms with Crippen molar-refractivity contribution in [3.63, 3.8) is 0 Å². The Labute approximate surface area is 258 Å². The minimum atomic E-state index is -4.24. The zero-order valence-corrected chi connectivity index (χ0v) is 27.0. The first-order valence-electron chi connectivity index (χ1n) is 13.6. The highest BCUT2D eigenvalue weighted by molar-refractivity contribution is 7.92. The highest BCUT2D eigenvalue weighted by Crippen LogP contribution is 2.34. The first kappa shape index (κ1) is 33.2. The van der Waals surface area contributed by atoms with Gasteiger partial charge in [-0.1, -0.05) is 60.0 Å². The Morgan fingerprint density at radius 2 is 1.57 bits per heavy atom. The van der Waals surface area contributed by atoms with Crippen molar-refractivity contribution in [2.24, 2.45) is 0 Å². The zero-order chi connectivity index (χ0) is 31.2. The van der Waals surface area contributed by atoms with Crippen LogP contribution in [0.5, 0.6) is 5.75 Å². The Hall–Kier alpha value is -3.27.